The van der Waals surface area contributed by atoms with Crippen LogP contribution in [0.4, 0.5) is 0 Å². The Bertz CT molecular complexity index is 623. The summed E-state index contributed by atoms with van der Waals surface area (Å²) in [5, 5.41) is 11.4. The third-order valence-corrected chi connectivity index (χ3v) is 5.21. The van der Waals surface area contributed by atoms with Crippen LogP contribution in [0.25, 0.3) is 0 Å². The Kier molecular flexibility index (Phi) is 5.88. The van der Waals surface area contributed by atoms with Crippen LogP contribution < -0.4 is 5.32 Å². The topological polar surface area (TPSA) is 122 Å². The Morgan fingerprint density at radius 3 is 2.67 bits per heavy atom. The van der Waals surface area contributed by atoms with Gasteiger partial charge in [0.2, 0.25) is 12.1 Å². The second kappa shape index (κ2) is 7.53. The van der Waals surface area contributed by atoms with Crippen molar-refractivity contribution in [3.63, 3.8) is 0 Å². The highest BCUT2D eigenvalue weighted by molar-refractivity contribution is 9.09. The summed E-state index contributed by atoms with van der Waals surface area (Å²) >= 11 is 4.24. The van der Waals surface area contributed by atoms with E-state index < -0.39 is 41.5 Å². The molecule has 9 nitrogen and oxygen atoms in total. The van der Waals surface area contributed by atoms with Crippen LogP contribution in [-0.2, 0) is 28.7 Å². The largest absolute Gasteiger partial charge is 0.477 e. The molecule has 0 radical (unpaired) electrons. The molecular weight excluding hydrogens is 408 g/mol. The fourth-order valence-corrected chi connectivity index (χ4v) is 3.99. The minimum Gasteiger partial charge on any atom is -0.477 e. The third kappa shape index (κ3) is 3.42. The number of ether oxygens (including phenoxy) is 2. The molecular formula is C13H15BrN2O7S. The fourth-order valence-electron chi connectivity index (χ4n) is 2.43. The molecule has 0 aliphatic carbocycles. The number of alkyl halides is 1. The van der Waals surface area contributed by atoms with Gasteiger partial charge in [-0.3, -0.25) is 19.3 Å². The van der Waals surface area contributed by atoms with E-state index in [0.29, 0.717) is 0 Å². The zero-order valence-electron chi connectivity index (χ0n) is 12.8. The molecule has 0 aromatic rings. The van der Waals surface area contributed by atoms with E-state index in [1.165, 1.54) is 18.9 Å². The molecule has 1 fully saturated rings. The van der Waals surface area contributed by atoms with Gasteiger partial charge < -0.3 is 19.9 Å². The van der Waals surface area contributed by atoms with Gasteiger partial charge in [-0.2, -0.15) is 0 Å². The number of carbonyl (C=O) groups is 4. The predicted octanol–water partition coefficient (Wildman–Crippen LogP) is -0.344. The second-order valence-electron chi connectivity index (χ2n) is 4.94. The van der Waals surface area contributed by atoms with E-state index >= 15 is 0 Å². The molecule has 2 N–H and O–H groups in total. The van der Waals surface area contributed by atoms with Crippen LogP contribution in [0.5, 0.6) is 0 Å². The normalized spacial score (nSPS) is 24.0. The summed E-state index contributed by atoms with van der Waals surface area (Å²) in [6.07, 6.45) is -1.98. The lowest BCUT2D eigenvalue weighted by atomic mass is 10.0. The highest BCUT2D eigenvalue weighted by Gasteiger charge is 2.55. The number of nitrogens with one attached hydrogen (secondary N) is 1. The minimum absolute atomic E-state index is 0.0510. The van der Waals surface area contributed by atoms with Crippen molar-refractivity contribution in [2.45, 2.75) is 24.6 Å². The van der Waals surface area contributed by atoms with Gasteiger partial charge in [-0.25, -0.2) is 4.79 Å². The standard InChI is InChI=1S/C13H15BrN2O7S/c1-5(17)23-10(15-7(18)3-14)6-4-24-12-9(22-2)11(19)16(12)8(6)13(20)21/h9-10,12H,3-4H2,1-2H3,(H,15,18)(H,20,21)/t9-,10?,12+/m0/s1. The van der Waals surface area contributed by atoms with E-state index in [2.05, 4.69) is 21.2 Å². The molecule has 2 heterocycles. The molecule has 132 valence electrons. The van der Waals surface area contributed by atoms with Crippen LogP contribution in [0.15, 0.2) is 11.3 Å². The number of hydrogen-bond acceptors (Lipinski definition) is 7. The molecule has 2 aliphatic heterocycles. The maximum absolute atomic E-state index is 12.1. The van der Waals surface area contributed by atoms with E-state index in [4.69, 9.17) is 9.47 Å². The number of carboxylic acids is 1. The molecule has 1 unspecified atom stereocenters. The summed E-state index contributed by atoms with van der Waals surface area (Å²) in [6, 6.07) is 0. The smallest absolute Gasteiger partial charge is 0.352 e. The number of methoxy groups -OCH3 is 1. The molecule has 1 saturated heterocycles. The van der Waals surface area contributed by atoms with Crippen molar-refractivity contribution in [1.29, 1.82) is 0 Å². The van der Waals surface area contributed by atoms with Crippen molar-refractivity contribution in [3.8, 4) is 0 Å². The van der Waals surface area contributed by atoms with Gasteiger partial charge >= 0.3 is 11.9 Å². The van der Waals surface area contributed by atoms with Gasteiger partial charge in [0.15, 0.2) is 6.10 Å². The first-order valence-electron chi connectivity index (χ1n) is 6.78. The number of aliphatic carboxylic acids is 1. The van der Waals surface area contributed by atoms with Crippen molar-refractivity contribution < 1.29 is 33.8 Å². The van der Waals surface area contributed by atoms with Crippen LogP contribution in [0.2, 0.25) is 0 Å². The Labute approximate surface area is 149 Å². The number of amides is 2. The molecule has 24 heavy (non-hydrogen) atoms. The Hall–Kier alpha value is -1.59. The first-order chi connectivity index (χ1) is 11.3. The van der Waals surface area contributed by atoms with Gasteiger partial charge in [0.1, 0.15) is 11.1 Å². The van der Waals surface area contributed by atoms with Crippen molar-refractivity contribution >= 4 is 51.4 Å². The molecule has 2 rings (SSSR count). The van der Waals surface area contributed by atoms with Crippen LogP contribution in [0.1, 0.15) is 6.92 Å². The first-order valence-corrected chi connectivity index (χ1v) is 8.95. The predicted molar refractivity (Wildman–Crippen MR) is 86.0 cm³/mol. The summed E-state index contributed by atoms with van der Waals surface area (Å²) in [4.78, 5) is 47.8. The average Bonchev–Trinajstić information content (AvgIpc) is 2.52. The SMILES string of the molecule is CO[C@H]1C(=O)N2C(C(=O)O)=C(C(NC(=O)CBr)OC(C)=O)CS[C@H]12. The highest BCUT2D eigenvalue weighted by Crippen LogP contribution is 2.42. The van der Waals surface area contributed by atoms with Crippen molar-refractivity contribution in [2.75, 3.05) is 18.2 Å². The quantitative estimate of drug-likeness (QED) is 0.258. The number of rotatable bonds is 6. The van der Waals surface area contributed by atoms with E-state index in [-0.39, 0.29) is 22.4 Å². The van der Waals surface area contributed by atoms with Gasteiger partial charge in [0.05, 0.1) is 5.33 Å². The van der Waals surface area contributed by atoms with Crippen molar-refractivity contribution in [2.24, 2.45) is 0 Å². The number of esters is 1. The number of hydrogen-bond donors (Lipinski definition) is 2. The van der Waals surface area contributed by atoms with Gasteiger partial charge in [0.25, 0.3) is 5.91 Å². The molecule has 0 spiro atoms. The molecule has 2 amide bonds. The zero-order chi connectivity index (χ0) is 18.0. The number of thioether (sulfide) groups is 1. The molecule has 0 saturated carbocycles. The average molecular weight is 423 g/mol. The highest BCUT2D eigenvalue weighted by atomic mass is 79.9. The maximum Gasteiger partial charge on any atom is 0.352 e. The minimum atomic E-state index is -1.34. The van der Waals surface area contributed by atoms with Crippen LogP contribution in [0.3, 0.4) is 0 Å². The third-order valence-electron chi connectivity index (χ3n) is 3.42. The molecule has 2 aliphatic rings. The lowest BCUT2D eigenvalue weighted by Gasteiger charge is -2.49. The summed E-state index contributed by atoms with van der Waals surface area (Å²) < 4.78 is 10.1. The number of halogens is 1. The monoisotopic (exact) mass is 422 g/mol. The lowest BCUT2D eigenvalue weighted by molar-refractivity contribution is -0.162. The zero-order valence-corrected chi connectivity index (χ0v) is 15.2. The lowest BCUT2D eigenvalue weighted by Crippen LogP contribution is -2.66. The number of carboxylic acid groups (broad SMARTS) is 1. The number of fused-ring (bicyclic) bond motifs is 1. The van der Waals surface area contributed by atoms with E-state index in [9.17, 15) is 24.3 Å². The Morgan fingerprint density at radius 1 is 1.50 bits per heavy atom. The van der Waals surface area contributed by atoms with Gasteiger partial charge in [0, 0.05) is 25.4 Å². The van der Waals surface area contributed by atoms with Crippen LogP contribution in [-0.4, -0.2) is 69.7 Å². The maximum atomic E-state index is 12.1. The van der Waals surface area contributed by atoms with E-state index in [1.807, 2.05) is 0 Å². The molecule has 0 aromatic heterocycles. The Morgan fingerprint density at radius 2 is 2.17 bits per heavy atom. The van der Waals surface area contributed by atoms with Crippen molar-refractivity contribution in [1.82, 2.24) is 10.2 Å². The van der Waals surface area contributed by atoms with Crippen LogP contribution in [0, 0.1) is 0 Å². The molecule has 0 aromatic carbocycles. The van der Waals surface area contributed by atoms with Crippen molar-refractivity contribution in [3.05, 3.63) is 11.3 Å². The Balaban J connectivity index is 2.40. The van der Waals surface area contributed by atoms with Crippen LogP contribution >= 0.6 is 27.7 Å². The van der Waals surface area contributed by atoms with Gasteiger partial charge in [-0.15, -0.1) is 11.8 Å². The molecule has 0 bridgehead atoms. The first kappa shape index (κ1) is 18.7. The second-order valence-corrected chi connectivity index (χ2v) is 6.60. The number of nitrogens with zero attached hydrogens (tertiary/aromatic N) is 1. The number of β-lactam (4-membered cyclic amide) rings is 1. The van der Waals surface area contributed by atoms with Gasteiger partial charge in [-0.1, -0.05) is 15.9 Å². The van der Waals surface area contributed by atoms with Gasteiger partial charge in [-0.05, 0) is 0 Å². The van der Waals surface area contributed by atoms with E-state index in [0.717, 1.165) is 11.8 Å². The summed E-state index contributed by atoms with van der Waals surface area (Å²) in [6.45, 7) is 1.14. The molecule has 3 atom stereocenters. The molecule has 11 heteroatoms. The van der Waals surface area contributed by atoms with E-state index in [1.54, 1.807) is 0 Å². The summed E-state index contributed by atoms with van der Waals surface area (Å²) in [5.41, 5.74) is -0.158. The summed E-state index contributed by atoms with van der Waals surface area (Å²) in [7, 11) is 1.37. The number of carbonyl (C=O) groups excluding carboxylic acids is 3. The fraction of sp³-hybridized carbons (Fsp3) is 0.538. The summed E-state index contributed by atoms with van der Waals surface area (Å²) in [5.74, 6) is -2.85.